The Bertz CT molecular complexity index is 2720. The monoisotopic (exact) mass is 914 g/mol. The Morgan fingerprint density at radius 3 is 2.37 bits per heavy atom. The number of rotatable bonds is 16. The molecule has 0 radical (unpaired) electrons. The summed E-state index contributed by atoms with van der Waals surface area (Å²) < 4.78 is 19.8. The number of carbonyl (C=O) groups is 2. The van der Waals surface area contributed by atoms with Gasteiger partial charge in [0.1, 0.15) is 17.5 Å². The number of ether oxygens (including phenoxy) is 1. The lowest BCUT2D eigenvalue weighted by molar-refractivity contribution is -0.146. The van der Waals surface area contributed by atoms with Crippen molar-refractivity contribution in [2.24, 2.45) is 5.92 Å². The van der Waals surface area contributed by atoms with Crippen molar-refractivity contribution in [3.63, 3.8) is 0 Å². The van der Waals surface area contributed by atoms with E-state index >= 15 is 0 Å². The fourth-order valence-electron chi connectivity index (χ4n) is 8.08. The second-order valence-corrected chi connectivity index (χ2v) is 17.7. The van der Waals surface area contributed by atoms with Crippen LogP contribution in [0.3, 0.4) is 0 Å². The zero-order valence-electron chi connectivity index (χ0n) is 36.0. The number of pyridine rings is 1. The third-order valence-electron chi connectivity index (χ3n) is 11.5. The molecule has 3 heterocycles. The van der Waals surface area contributed by atoms with Crippen LogP contribution in [0, 0.1) is 11.7 Å². The van der Waals surface area contributed by atoms with Gasteiger partial charge in [-0.15, -0.1) is 11.3 Å². The highest BCUT2D eigenvalue weighted by molar-refractivity contribution is 7.15. The number of esters is 1. The Labute approximate surface area is 386 Å². The Morgan fingerprint density at radius 1 is 0.908 bits per heavy atom. The maximum atomic E-state index is 13.8. The molecular weight excluding hydrogens is 863 g/mol. The molecule has 336 valence electrons. The maximum absolute atomic E-state index is 13.8. The molecule has 13 heteroatoms. The van der Waals surface area contributed by atoms with Crippen molar-refractivity contribution in [3.05, 3.63) is 193 Å². The van der Waals surface area contributed by atoms with Gasteiger partial charge in [0.25, 0.3) is 0 Å². The molecular formula is C52H52ClFN4O6S. The van der Waals surface area contributed by atoms with Crippen molar-refractivity contribution in [2.75, 3.05) is 33.3 Å². The van der Waals surface area contributed by atoms with E-state index in [1.807, 2.05) is 49.5 Å². The summed E-state index contributed by atoms with van der Waals surface area (Å²) in [6.07, 6.45) is 1.53. The van der Waals surface area contributed by atoms with Gasteiger partial charge in [0.2, 0.25) is 5.56 Å². The molecule has 0 saturated carbocycles. The number of likely N-dealkylation sites (tertiary alicyclic amines) is 1. The van der Waals surface area contributed by atoms with Crippen molar-refractivity contribution < 1.29 is 28.9 Å². The van der Waals surface area contributed by atoms with Crippen LogP contribution in [-0.2, 0) is 29.2 Å². The minimum absolute atomic E-state index is 0.0239. The standard InChI is InChI=1S/C33H36N2O2S.C19H16ClFN2O4/c1-34-22-30-15-16-31(38-30)28-13-8-14-29(21-28)32(27-11-6-3-7-12-27)33(36)37-24-26-17-19-35(20-18-26)23-25-9-4-2-5-10-25;20-14-5-10(6-15(21)13(14)9-24)7-22-8-17(26)11-1-3-16(25)19-12(11)2-4-18(27)23-19/h2-16,21,26,32,34H,17-20,22-24H2,1H3;1-6,9,17,22,25-26H,7-8H2,(H,23,27)/t;17-/m.0/s1. The molecule has 2 aromatic heterocycles. The van der Waals surface area contributed by atoms with Gasteiger partial charge < -0.3 is 30.6 Å². The second kappa shape index (κ2) is 22.8. The van der Waals surface area contributed by atoms with Crippen molar-refractivity contribution >= 4 is 46.1 Å². The number of aromatic nitrogens is 1. The number of aldehydes is 1. The molecule has 5 N–H and O–H groups in total. The van der Waals surface area contributed by atoms with Gasteiger partial charge in [0, 0.05) is 47.4 Å². The number of piperidine rings is 1. The van der Waals surface area contributed by atoms with E-state index in [1.165, 1.54) is 45.6 Å². The minimum Gasteiger partial charge on any atom is -0.506 e. The van der Waals surface area contributed by atoms with Crippen LogP contribution in [0.2, 0.25) is 5.02 Å². The van der Waals surface area contributed by atoms with Crippen LogP contribution in [0.15, 0.2) is 138 Å². The molecule has 1 fully saturated rings. The average molecular weight is 916 g/mol. The lowest BCUT2D eigenvalue weighted by Gasteiger charge is -2.32. The molecule has 1 aliphatic heterocycles. The summed E-state index contributed by atoms with van der Waals surface area (Å²) in [5.74, 6) is -0.992. The minimum atomic E-state index is -0.937. The van der Waals surface area contributed by atoms with Crippen molar-refractivity contribution in [1.29, 1.82) is 0 Å². The number of halogens is 2. The number of nitrogens with one attached hydrogen (secondary N) is 3. The normalized spacial score (nSPS) is 14.0. The molecule has 1 saturated heterocycles. The van der Waals surface area contributed by atoms with Gasteiger partial charge in [0.05, 0.1) is 28.8 Å². The van der Waals surface area contributed by atoms with Crippen LogP contribution in [0.25, 0.3) is 21.3 Å². The number of phenolic OH excluding ortho intramolecular Hbond substituents is 1. The van der Waals surface area contributed by atoms with E-state index in [1.54, 1.807) is 17.4 Å². The summed E-state index contributed by atoms with van der Waals surface area (Å²) in [7, 11) is 1.96. The highest BCUT2D eigenvalue weighted by Gasteiger charge is 2.27. The second-order valence-electron chi connectivity index (χ2n) is 16.1. The molecule has 10 nitrogen and oxygen atoms in total. The summed E-state index contributed by atoms with van der Waals surface area (Å²) in [6.45, 7) is 4.76. The number of aromatic hydroxyl groups is 1. The summed E-state index contributed by atoms with van der Waals surface area (Å²) >= 11 is 7.65. The predicted molar refractivity (Wildman–Crippen MR) is 256 cm³/mol. The van der Waals surface area contributed by atoms with Crippen molar-refractivity contribution in [3.8, 4) is 16.2 Å². The van der Waals surface area contributed by atoms with Crippen LogP contribution in [0.5, 0.6) is 5.75 Å². The molecule has 5 aromatic carbocycles. The number of nitrogens with zero attached hydrogens (tertiary/aromatic N) is 1. The first-order valence-electron chi connectivity index (χ1n) is 21.6. The first-order valence-corrected chi connectivity index (χ1v) is 22.8. The smallest absolute Gasteiger partial charge is 0.317 e. The Balaban J connectivity index is 0.000000206. The number of hydrogen-bond donors (Lipinski definition) is 5. The number of hydrogen-bond acceptors (Lipinski definition) is 10. The number of carbonyl (C=O) groups excluding carboxylic acids is 2. The number of benzene rings is 5. The van der Waals surface area contributed by atoms with E-state index in [0.29, 0.717) is 35.3 Å². The number of aromatic amines is 1. The summed E-state index contributed by atoms with van der Waals surface area (Å²) in [4.78, 5) is 43.3. The Kier molecular flexibility index (Phi) is 16.5. The van der Waals surface area contributed by atoms with E-state index in [0.717, 1.165) is 55.7 Å². The molecule has 1 aliphatic rings. The van der Waals surface area contributed by atoms with Gasteiger partial charge in [0.15, 0.2) is 6.29 Å². The van der Waals surface area contributed by atoms with Gasteiger partial charge in [-0.25, -0.2) is 4.39 Å². The molecule has 0 aliphatic carbocycles. The van der Waals surface area contributed by atoms with Crippen LogP contribution < -0.4 is 16.2 Å². The molecule has 0 amide bonds. The van der Waals surface area contributed by atoms with Crippen LogP contribution in [-0.4, -0.2) is 65.6 Å². The number of aliphatic hydroxyl groups is 1. The van der Waals surface area contributed by atoms with E-state index in [9.17, 15) is 29.0 Å². The molecule has 8 rings (SSSR count). The third-order valence-corrected chi connectivity index (χ3v) is 12.9. The first kappa shape index (κ1) is 47.0. The van der Waals surface area contributed by atoms with E-state index in [-0.39, 0.29) is 46.5 Å². The van der Waals surface area contributed by atoms with Crippen LogP contribution in [0.1, 0.15) is 67.9 Å². The predicted octanol–water partition coefficient (Wildman–Crippen LogP) is 9.38. The quantitative estimate of drug-likeness (QED) is 0.0473. The zero-order valence-corrected chi connectivity index (χ0v) is 37.6. The van der Waals surface area contributed by atoms with Gasteiger partial charge >= 0.3 is 5.97 Å². The fourth-order valence-corrected chi connectivity index (χ4v) is 9.38. The lowest BCUT2D eigenvalue weighted by Crippen LogP contribution is -2.35. The summed E-state index contributed by atoms with van der Waals surface area (Å²) in [5.41, 5.74) is 5.17. The van der Waals surface area contributed by atoms with E-state index in [2.05, 4.69) is 75.1 Å². The molecule has 65 heavy (non-hydrogen) atoms. The summed E-state index contributed by atoms with van der Waals surface area (Å²) in [6, 6.07) is 41.8. The molecule has 0 bridgehead atoms. The number of H-pyrrole nitrogens is 1. The lowest BCUT2D eigenvalue weighted by atomic mass is 9.90. The molecule has 1 unspecified atom stereocenters. The molecule has 7 aromatic rings. The molecule has 2 atom stereocenters. The van der Waals surface area contributed by atoms with Gasteiger partial charge in [-0.05, 0) is 115 Å². The van der Waals surface area contributed by atoms with Crippen molar-refractivity contribution in [2.45, 2.75) is 44.5 Å². The number of thiophene rings is 1. The van der Waals surface area contributed by atoms with Crippen molar-refractivity contribution in [1.82, 2.24) is 20.5 Å². The van der Waals surface area contributed by atoms with Crippen LogP contribution >= 0.6 is 22.9 Å². The molecule has 0 spiro atoms. The highest BCUT2D eigenvalue weighted by Crippen LogP contribution is 2.34. The van der Waals surface area contributed by atoms with Gasteiger partial charge in [-0.2, -0.15) is 0 Å². The first-order chi connectivity index (χ1) is 31.6. The largest absolute Gasteiger partial charge is 0.506 e. The SMILES string of the molecule is CNCc1ccc(-c2cccc(C(C(=O)OCC3CCN(Cc4ccccc4)CC3)c3ccccc3)c2)s1.O=Cc1c(F)cc(CNC[C@H](O)c2ccc(O)c3[nH]c(=O)ccc23)cc1Cl. The zero-order chi connectivity index (χ0) is 45.7. The van der Waals surface area contributed by atoms with Gasteiger partial charge in [-0.3, -0.25) is 19.3 Å². The van der Waals surface area contributed by atoms with Gasteiger partial charge in [-0.1, -0.05) is 96.5 Å². The Hall–Kier alpha value is -5.99. The van der Waals surface area contributed by atoms with E-state index < -0.39 is 17.8 Å². The van der Waals surface area contributed by atoms with Crippen LogP contribution in [0.4, 0.5) is 4.39 Å². The number of aliphatic hydroxyl groups excluding tert-OH is 1. The Morgan fingerprint density at radius 2 is 1.65 bits per heavy atom. The third kappa shape index (κ3) is 12.4. The summed E-state index contributed by atoms with van der Waals surface area (Å²) in [5, 5.41) is 27.1. The highest BCUT2D eigenvalue weighted by atomic mass is 35.5. The van der Waals surface area contributed by atoms with E-state index in [4.69, 9.17) is 16.3 Å². The number of phenols is 1. The topological polar surface area (TPSA) is 144 Å². The number of fused-ring (bicyclic) bond motifs is 1. The maximum Gasteiger partial charge on any atom is 0.317 e. The average Bonchev–Trinajstić information content (AvgIpc) is 3.79. The fraction of sp³-hybridized carbons (Fsp3) is 0.250.